The second-order valence-electron chi connectivity index (χ2n) is 7.94. The maximum atomic E-state index is 12.6. The molecule has 2 aromatic rings. The normalized spacial score (nSPS) is 14.8. The summed E-state index contributed by atoms with van der Waals surface area (Å²) in [6.45, 7) is 9.06. The Balaban J connectivity index is 1.36. The van der Waals surface area contributed by atoms with Gasteiger partial charge in [-0.15, -0.1) is 11.3 Å². The SMILES string of the molecule is CCNC(=NCC(C)COCc1ccccc1)NCCC(=O)N1CCc2sccc2C1. The zero-order valence-electron chi connectivity index (χ0n) is 18.6. The summed E-state index contributed by atoms with van der Waals surface area (Å²) in [6, 6.07) is 12.3. The van der Waals surface area contributed by atoms with Gasteiger partial charge in [0.2, 0.25) is 5.91 Å². The Bertz CT molecular complexity index is 837. The van der Waals surface area contributed by atoms with Gasteiger partial charge in [-0.2, -0.15) is 0 Å². The van der Waals surface area contributed by atoms with Gasteiger partial charge < -0.3 is 20.3 Å². The molecule has 0 spiro atoms. The second kappa shape index (κ2) is 12.5. The third-order valence-electron chi connectivity index (χ3n) is 5.21. The zero-order valence-corrected chi connectivity index (χ0v) is 19.4. The molecule has 1 aromatic carbocycles. The van der Waals surface area contributed by atoms with E-state index in [0.29, 0.717) is 38.6 Å². The molecule has 1 amide bonds. The molecule has 1 aliphatic rings. The van der Waals surface area contributed by atoms with Gasteiger partial charge in [-0.25, -0.2) is 0 Å². The number of rotatable bonds is 10. The fourth-order valence-electron chi connectivity index (χ4n) is 3.50. The Kier molecular flexibility index (Phi) is 9.37. The summed E-state index contributed by atoms with van der Waals surface area (Å²) in [6.07, 6.45) is 1.44. The number of nitrogens with zero attached hydrogens (tertiary/aromatic N) is 2. The summed E-state index contributed by atoms with van der Waals surface area (Å²) >= 11 is 1.79. The quantitative estimate of drug-likeness (QED) is 0.437. The Labute approximate surface area is 189 Å². The maximum Gasteiger partial charge on any atom is 0.224 e. The number of thiophene rings is 1. The number of amides is 1. The molecular formula is C24H34N4O2S. The van der Waals surface area contributed by atoms with Gasteiger partial charge in [-0.1, -0.05) is 37.3 Å². The number of nitrogens with one attached hydrogen (secondary N) is 2. The number of carbonyl (C=O) groups is 1. The Morgan fingerprint density at radius 1 is 1.26 bits per heavy atom. The van der Waals surface area contributed by atoms with Crippen LogP contribution in [0.25, 0.3) is 0 Å². The first-order valence-corrected chi connectivity index (χ1v) is 12.0. The van der Waals surface area contributed by atoms with Crippen molar-refractivity contribution in [3.05, 3.63) is 57.8 Å². The van der Waals surface area contributed by atoms with Crippen LogP contribution < -0.4 is 10.6 Å². The topological polar surface area (TPSA) is 66.0 Å². The number of benzene rings is 1. The summed E-state index contributed by atoms with van der Waals surface area (Å²) in [5, 5.41) is 8.67. The summed E-state index contributed by atoms with van der Waals surface area (Å²) in [5.41, 5.74) is 2.48. The lowest BCUT2D eigenvalue weighted by molar-refractivity contribution is -0.131. The van der Waals surface area contributed by atoms with Gasteiger partial charge in [0.15, 0.2) is 5.96 Å². The van der Waals surface area contributed by atoms with E-state index in [1.165, 1.54) is 16.0 Å². The molecule has 0 bridgehead atoms. The predicted octanol–water partition coefficient (Wildman–Crippen LogP) is 3.43. The van der Waals surface area contributed by atoms with Crippen LogP contribution in [0.15, 0.2) is 46.8 Å². The number of guanidine groups is 1. The first kappa shape index (κ1) is 23.3. The molecule has 2 N–H and O–H groups in total. The lowest BCUT2D eigenvalue weighted by Crippen LogP contribution is -2.41. The number of hydrogen-bond donors (Lipinski definition) is 2. The average Bonchev–Trinajstić information content (AvgIpc) is 3.26. The molecule has 0 aliphatic carbocycles. The number of aliphatic imine (C=N–C) groups is 1. The molecule has 1 aliphatic heterocycles. The summed E-state index contributed by atoms with van der Waals surface area (Å²) in [4.78, 5) is 20.6. The number of hydrogen-bond acceptors (Lipinski definition) is 4. The van der Waals surface area contributed by atoms with Gasteiger partial charge in [-0.05, 0) is 41.8 Å². The van der Waals surface area contributed by atoms with E-state index in [0.717, 1.165) is 32.0 Å². The molecule has 31 heavy (non-hydrogen) atoms. The van der Waals surface area contributed by atoms with Crippen LogP contribution in [0.5, 0.6) is 0 Å². The van der Waals surface area contributed by atoms with Crippen LogP contribution in [-0.2, 0) is 29.1 Å². The van der Waals surface area contributed by atoms with Crippen molar-refractivity contribution in [3.8, 4) is 0 Å². The van der Waals surface area contributed by atoms with E-state index < -0.39 is 0 Å². The van der Waals surface area contributed by atoms with Gasteiger partial charge in [0.1, 0.15) is 0 Å². The lowest BCUT2D eigenvalue weighted by atomic mass is 10.1. The Morgan fingerprint density at radius 2 is 2.10 bits per heavy atom. The second-order valence-corrected chi connectivity index (χ2v) is 8.94. The van der Waals surface area contributed by atoms with E-state index in [2.05, 4.69) is 46.1 Å². The van der Waals surface area contributed by atoms with E-state index in [-0.39, 0.29) is 5.91 Å². The van der Waals surface area contributed by atoms with Crippen molar-refractivity contribution in [2.45, 2.75) is 39.8 Å². The van der Waals surface area contributed by atoms with Crippen molar-refractivity contribution in [1.29, 1.82) is 0 Å². The van der Waals surface area contributed by atoms with Crippen LogP contribution in [0.1, 0.15) is 36.3 Å². The third-order valence-corrected chi connectivity index (χ3v) is 6.23. The summed E-state index contributed by atoms with van der Waals surface area (Å²) in [5.74, 6) is 1.26. The minimum Gasteiger partial charge on any atom is -0.376 e. The first-order valence-electron chi connectivity index (χ1n) is 11.1. The predicted molar refractivity (Wildman–Crippen MR) is 127 cm³/mol. The largest absolute Gasteiger partial charge is 0.376 e. The standard InChI is InChI=1S/C24H34N4O2S/c1-3-25-24(27-15-19(2)17-30-18-20-7-5-4-6-8-20)26-12-9-23(29)28-13-10-22-21(16-28)11-14-31-22/h4-8,11,14,19H,3,9-10,12-13,15-18H2,1-2H3,(H2,25,26,27). The summed E-state index contributed by atoms with van der Waals surface area (Å²) in [7, 11) is 0. The highest BCUT2D eigenvalue weighted by Gasteiger charge is 2.21. The van der Waals surface area contributed by atoms with Crippen LogP contribution in [0.2, 0.25) is 0 Å². The molecule has 1 unspecified atom stereocenters. The van der Waals surface area contributed by atoms with Crippen LogP contribution in [0.4, 0.5) is 0 Å². The number of fused-ring (bicyclic) bond motifs is 1. The molecule has 0 saturated heterocycles. The van der Waals surface area contributed by atoms with Gasteiger partial charge in [0.05, 0.1) is 13.2 Å². The molecule has 1 atom stereocenters. The van der Waals surface area contributed by atoms with Crippen LogP contribution >= 0.6 is 11.3 Å². The molecule has 0 radical (unpaired) electrons. The van der Waals surface area contributed by atoms with Gasteiger partial charge >= 0.3 is 0 Å². The van der Waals surface area contributed by atoms with E-state index in [1.807, 2.05) is 30.0 Å². The maximum absolute atomic E-state index is 12.6. The van der Waals surface area contributed by atoms with Crippen LogP contribution in [-0.4, -0.2) is 49.6 Å². The molecule has 7 heteroatoms. The number of carbonyl (C=O) groups excluding carboxylic acids is 1. The molecular weight excluding hydrogens is 408 g/mol. The molecule has 0 fully saturated rings. The molecule has 0 saturated carbocycles. The highest BCUT2D eigenvalue weighted by molar-refractivity contribution is 7.10. The average molecular weight is 443 g/mol. The van der Waals surface area contributed by atoms with Crippen molar-refractivity contribution in [3.63, 3.8) is 0 Å². The van der Waals surface area contributed by atoms with Crippen molar-refractivity contribution in [2.24, 2.45) is 10.9 Å². The van der Waals surface area contributed by atoms with Crippen molar-refractivity contribution < 1.29 is 9.53 Å². The Morgan fingerprint density at radius 3 is 2.90 bits per heavy atom. The van der Waals surface area contributed by atoms with Gasteiger partial charge in [0.25, 0.3) is 0 Å². The monoisotopic (exact) mass is 442 g/mol. The summed E-state index contributed by atoms with van der Waals surface area (Å²) < 4.78 is 5.81. The van der Waals surface area contributed by atoms with Crippen LogP contribution in [0, 0.1) is 5.92 Å². The van der Waals surface area contributed by atoms with Crippen molar-refractivity contribution in [2.75, 3.05) is 32.8 Å². The lowest BCUT2D eigenvalue weighted by Gasteiger charge is -2.27. The molecule has 6 nitrogen and oxygen atoms in total. The van der Waals surface area contributed by atoms with E-state index in [4.69, 9.17) is 4.74 Å². The van der Waals surface area contributed by atoms with Crippen LogP contribution in [0.3, 0.4) is 0 Å². The fraction of sp³-hybridized carbons (Fsp3) is 0.500. The highest BCUT2D eigenvalue weighted by atomic mass is 32.1. The third kappa shape index (κ3) is 7.67. The minimum absolute atomic E-state index is 0.197. The fourth-order valence-corrected chi connectivity index (χ4v) is 4.39. The van der Waals surface area contributed by atoms with E-state index in [9.17, 15) is 4.79 Å². The van der Waals surface area contributed by atoms with Crippen molar-refractivity contribution in [1.82, 2.24) is 15.5 Å². The molecule has 168 valence electrons. The molecule has 2 heterocycles. The molecule has 1 aromatic heterocycles. The number of ether oxygens (including phenoxy) is 1. The van der Waals surface area contributed by atoms with Gasteiger partial charge in [0, 0.05) is 44.0 Å². The minimum atomic E-state index is 0.197. The van der Waals surface area contributed by atoms with Gasteiger partial charge in [-0.3, -0.25) is 9.79 Å². The zero-order chi connectivity index (χ0) is 21.9. The molecule has 3 rings (SSSR count). The first-order chi connectivity index (χ1) is 15.2. The van der Waals surface area contributed by atoms with Crippen molar-refractivity contribution >= 4 is 23.2 Å². The highest BCUT2D eigenvalue weighted by Crippen LogP contribution is 2.24. The smallest absolute Gasteiger partial charge is 0.224 e. The van der Waals surface area contributed by atoms with E-state index >= 15 is 0 Å². The van der Waals surface area contributed by atoms with E-state index in [1.54, 1.807) is 11.3 Å². The Hall–Kier alpha value is -2.38.